The van der Waals surface area contributed by atoms with Crippen molar-refractivity contribution in [2.75, 3.05) is 53.4 Å². The van der Waals surface area contributed by atoms with Crippen LogP contribution < -0.4 is 47.9 Å². The number of likely N-dealkylation sites (N-methyl/N-ethyl adjacent to an activating group) is 1. The van der Waals surface area contributed by atoms with Gasteiger partial charge < -0.3 is 57.7 Å². The molecule has 0 unspecified atom stereocenters. The van der Waals surface area contributed by atoms with E-state index >= 15 is 0 Å². The van der Waals surface area contributed by atoms with Crippen molar-refractivity contribution in [1.82, 2.24) is 57.7 Å². The molecule has 2 saturated carbocycles. The highest BCUT2D eigenvalue weighted by Gasteiger charge is 2.41. The number of hydrogen-bond donors (Lipinski definition) is 9. The Morgan fingerprint density at radius 1 is 0.575 bits per heavy atom. The first-order valence-electron chi connectivity index (χ1n) is 32.0. The van der Waals surface area contributed by atoms with Gasteiger partial charge in [0.05, 0.1) is 21.8 Å². The van der Waals surface area contributed by atoms with E-state index in [0.717, 1.165) is 57.9 Å². The Morgan fingerprint density at radius 3 is 1.55 bits per heavy atom. The number of halogens is 1. The van der Waals surface area contributed by atoms with E-state index in [-0.39, 0.29) is 92.5 Å². The van der Waals surface area contributed by atoms with Gasteiger partial charge in [0.1, 0.15) is 36.0 Å². The molecular weight excluding hydrogens is 1110 g/mol. The van der Waals surface area contributed by atoms with Crippen molar-refractivity contribution < 1.29 is 52.3 Å². The number of likely N-dealkylation sites (tertiary alicyclic amines) is 1. The maximum Gasteiger partial charge on any atom is 0.254 e. The molecule has 0 radical (unpaired) electrons. The Bertz CT molecular complexity index is 2510. The van der Waals surface area contributed by atoms with Crippen molar-refractivity contribution in [3.05, 3.63) is 35.6 Å². The van der Waals surface area contributed by atoms with E-state index in [1.807, 2.05) is 55.6 Å². The Balaban J connectivity index is 1.35. The van der Waals surface area contributed by atoms with Gasteiger partial charge in [-0.15, -0.1) is 0 Å². The lowest BCUT2D eigenvalue weighted by molar-refractivity contribution is -0.136. The number of benzene rings is 1. The molecule has 490 valence electrons. The van der Waals surface area contributed by atoms with Crippen LogP contribution in [0.1, 0.15) is 196 Å². The Morgan fingerprint density at radius 2 is 1.06 bits per heavy atom. The summed E-state index contributed by atoms with van der Waals surface area (Å²) in [5, 5.41) is 26.1. The van der Waals surface area contributed by atoms with E-state index in [1.54, 1.807) is 41.5 Å². The molecule has 5 atom stereocenters. The van der Waals surface area contributed by atoms with Crippen LogP contribution in [0, 0.1) is 45.7 Å². The number of carbonyl (C=O) groups is 10. The predicted molar refractivity (Wildman–Crippen MR) is 334 cm³/mol. The lowest BCUT2D eigenvalue weighted by atomic mass is 9.76. The monoisotopic (exact) mass is 1220 g/mol. The molecule has 0 bridgehead atoms. The average Bonchev–Trinajstić information content (AvgIpc) is 2.39. The van der Waals surface area contributed by atoms with E-state index in [1.165, 1.54) is 29.2 Å². The van der Waals surface area contributed by atoms with Gasteiger partial charge in [-0.05, 0) is 168 Å². The van der Waals surface area contributed by atoms with Crippen molar-refractivity contribution in [2.24, 2.45) is 39.9 Å². The molecule has 1 saturated heterocycles. The highest BCUT2D eigenvalue weighted by molar-refractivity contribution is 5.99. The maximum atomic E-state index is 14.4. The predicted octanol–water partition coefficient (Wildman–Crippen LogP) is 5.40. The molecule has 1 heterocycles. The van der Waals surface area contributed by atoms with Crippen molar-refractivity contribution >= 4 is 59.1 Å². The Hall–Kier alpha value is -6.19. The molecule has 4 rings (SSSR count). The lowest BCUT2D eigenvalue weighted by Crippen LogP contribution is -2.59. The van der Waals surface area contributed by atoms with Crippen LogP contribution in [-0.4, -0.2) is 158 Å². The van der Waals surface area contributed by atoms with Gasteiger partial charge in [0.2, 0.25) is 53.2 Å². The summed E-state index contributed by atoms with van der Waals surface area (Å²) in [6.45, 7) is 22.3. The molecule has 1 aromatic carbocycles. The van der Waals surface area contributed by atoms with Crippen LogP contribution >= 0.6 is 0 Å². The zero-order valence-electron chi connectivity index (χ0n) is 54.9. The summed E-state index contributed by atoms with van der Waals surface area (Å²) in [6.07, 6.45) is 11.0. The molecule has 2 aliphatic carbocycles. The van der Waals surface area contributed by atoms with E-state index in [4.69, 9.17) is 0 Å². The van der Waals surface area contributed by atoms with Gasteiger partial charge in [-0.25, -0.2) is 4.39 Å². The fraction of sp³-hybridized carbons (Fsp3) is 0.754. The summed E-state index contributed by atoms with van der Waals surface area (Å²) in [5.74, 6) is -4.80. The molecule has 22 heteroatoms. The van der Waals surface area contributed by atoms with Gasteiger partial charge in [-0.3, -0.25) is 47.9 Å². The molecular formula is C65H108FN11O10. The number of amides is 10. The zero-order valence-corrected chi connectivity index (χ0v) is 54.9. The van der Waals surface area contributed by atoms with Crippen LogP contribution in [0.4, 0.5) is 4.39 Å². The van der Waals surface area contributed by atoms with Crippen LogP contribution in [0.3, 0.4) is 0 Å². The van der Waals surface area contributed by atoms with Gasteiger partial charge in [0.15, 0.2) is 0 Å². The first-order chi connectivity index (χ1) is 40.6. The third-order valence-corrected chi connectivity index (χ3v) is 17.1. The lowest BCUT2D eigenvalue weighted by Gasteiger charge is -2.44. The second-order valence-electron chi connectivity index (χ2n) is 28.5. The smallest absolute Gasteiger partial charge is 0.254 e. The number of rotatable bonds is 34. The summed E-state index contributed by atoms with van der Waals surface area (Å²) in [4.78, 5) is 142. The number of hydrogen-bond acceptors (Lipinski definition) is 11. The van der Waals surface area contributed by atoms with Crippen molar-refractivity contribution in [1.29, 1.82) is 0 Å². The van der Waals surface area contributed by atoms with Crippen molar-refractivity contribution in [2.45, 2.75) is 222 Å². The minimum atomic E-state index is -1.28. The highest BCUT2D eigenvalue weighted by atomic mass is 19.1. The molecule has 21 nitrogen and oxygen atoms in total. The molecule has 1 aromatic rings. The van der Waals surface area contributed by atoms with E-state index in [2.05, 4.69) is 52.8 Å². The van der Waals surface area contributed by atoms with Gasteiger partial charge in [0, 0.05) is 51.3 Å². The fourth-order valence-corrected chi connectivity index (χ4v) is 11.5. The first kappa shape index (κ1) is 73.3. The van der Waals surface area contributed by atoms with E-state index < -0.39 is 99.5 Å². The van der Waals surface area contributed by atoms with Gasteiger partial charge in [0.25, 0.3) is 5.91 Å². The largest absolute Gasteiger partial charge is 0.355 e. The van der Waals surface area contributed by atoms with E-state index in [0.29, 0.717) is 38.1 Å². The zero-order chi connectivity index (χ0) is 65.0. The van der Waals surface area contributed by atoms with Crippen LogP contribution in [0.5, 0.6) is 0 Å². The first-order valence-corrected chi connectivity index (χ1v) is 32.0. The van der Waals surface area contributed by atoms with Crippen LogP contribution in [0.15, 0.2) is 24.3 Å². The molecule has 10 amide bonds. The molecule has 9 N–H and O–H groups in total. The van der Waals surface area contributed by atoms with Crippen molar-refractivity contribution in [3.63, 3.8) is 0 Å². The molecule has 1 aliphatic heterocycles. The Labute approximate surface area is 517 Å². The summed E-state index contributed by atoms with van der Waals surface area (Å²) >= 11 is 0. The van der Waals surface area contributed by atoms with Gasteiger partial charge in [-0.2, -0.15) is 0 Å². The maximum absolute atomic E-state index is 14.4. The molecule has 3 fully saturated rings. The third kappa shape index (κ3) is 23.7. The second-order valence-corrected chi connectivity index (χ2v) is 28.5. The normalized spacial score (nSPS) is 17.7. The summed E-state index contributed by atoms with van der Waals surface area (Å²) in [5.41, 5.74) is -3.44. The van der Waals surface area contributed by atoms with Gasteiger partial charge in [-0.1, -0.05) is 73.6 Å². The van der Waals surface area contributed by atoms with Crippen molar-refractivity contribution in [3.8, 4) is 0 Å². The number of carbonyl (C=O) groups excluding carboxylic acids is 10. The van der Waals surface area contributed by atoms with Crippen LogP contribution in [0.2, 0.25) is 0 Å². The SMILES string of the molecule is CC(C)C[C@H](NC(=O)[C@H](CCC1CCCCC1)NC(=O)[C@@H]1CCCN1C(=O)c1ccc(F)cc1)C(=O)NCC(C)(C)C(=O)N[C@@H](CC(C)C)C(=O)N[C@@H](CC(C)C)C(=O)NCC(C)(C)C(=O)NCC(C)(C)C(=O)NCCC(=O)NC1(CN(C)C)CCC1. The third-order valence-electron chi connectivity index (χ3n) is 17.1. The summed E-state index contributed by atoms with van der Waals surface area (Å²) in [6, 6.07) is 0.138. The molecule has 3 aliphatic rings. The minimum Gasteiger partial charge on any atom is -0.355 e. The van der Waals surface area contributed by atoms with Gasteiger partial charge >= 0.3 is 0 Å². The number of nitrogens with zero attached hydrogens (tertiary/aromatic N) is 2. The molecule has 87 heavy (non-hydrogen) atoms. The summed E-state index contributed by atoms with van der Waals surface area (Å²) < 4.78 is 13.7. The quantitative estimate of drug-likeness (QED) is 0.0421. The number of nitrogens with one attached hydrogen (secondary N) is 9. The summed E-state index contributed by atoms with van der Waals surface area (Å²) in [7, 11) is 3.94. The molecule has 0 aromatic heterocycles. The highest BCUT2D eigenvalue weighted by Crippen LogP contribution is 2.33. The van der Waals surface area contributed by atoms with Crippen LogP contribution in [-0.2, 0) is 43.2 Å². The second kappa shape index (κ2) is 33.4. The minimum absolute atomic E-state index is 0.0131. The topological polar surface area (TPSA) is 285 Å². The Kier molecular flexibility index (Phi) is 28.1. The van der Waals surface area contributed by atoms with E-state index in [9.17, 15) is 52.3 Å². The average molecular weight is 1220 g/mol. The van der Waals surface area contributed by atoms with Crippen LogP contribution in [0.25, 0.3) is 0 Å². The molecule has 0 spiro atoms. The fourth-order valence-electron chi connectivity index (χ4n) is 11.5. The standard InChI is InChI=1S/C65H108FN11O10/c1-41(2)34-48(72-55(81)47(28-23-44-20-16-15-17-21-44)71-57(83)51-22-18-33-77(51)58(84)45-24-26-46(66)27-25-45)53(79)69-38-64(11,12)61(87)74-50(36-43(5)6)56(82)73-49(35-42(3)4)54(80)68-37-62(7,8)60(86)70-39-63(9,10)59(85)67-32-29-52(78)75-65(30-19-31-65)40-76(13)14/h24-27,41-44,47-51H,15-23,28-40H2,1-14H3,(H,67,85)(H,68,80)(H,69,79)(H,70,86)(H,71,83)(H,72,81)(H,73,82)(H,74,87)(H,75,78)/t47-,48-,49-,50-,51-/m0/s1.